The van der Waals surface area contributed by atoms with Gasteiger partial charge in [0, 0.05) is 0 Å². The first-order valence-corrected chi connectivity index (χ1v) is 7.04. The van der Waals surface area contributed by atoms with Crippen LogP contribution in [0.3, 0.4) is 0 Å². The number of rotatable bonds is 4. The highest BCUT2D eigenvalue weighted by atomic mass is 14.1. The molecule has 2 aromatic rings. The summed E-state index contributed by atoms with van der Waals surface area (Å²) in [5.41, 5.74) is 6.80. The number of hydrogen-bond acceptors (Lipinski definition) is 0. The molecule has 98 valence electrons. The summed E-state index contributed by atoms with van der Waals surface area (Å²) < 4.78 is 0. The molecule has 0 amide bonds. The van der Waals surface area contributed by atoms with Gasteiger partial charge in [-0.05, 0) is 48.1 Å². The molecule has 0 aliphatic rings. The Morgan fingerprint density at radius 3 is 2.37 bits per heavy atom. The van der Waals surface area contributed by atoms with Gasteiger partial charge in [-0.25, -0.2) is 0 Å². The van der Waals surface area contributed by atoms with Gasteiger partial charge in [0.25, 0.3) is 0 Å². The zero-order valence-electron chi connectivity index (χ0n) is 12.1. The fourth-order valence-corrected chi connectivity index (χ4v) is 2.32. The fourth-order valence-electron chi connectivity index (χ4n) is 2.32. The minimum absolute atomic E-state index is 1.16. The highest BCUT2D eigenvalue weighted by Crippen LogP contribution is 2.20. The molecule has 0 unspecified atom stereocenters. The second-order valence-electron chi connectivity index (χ2n) is 5.12. The second-order valence-corrected chi connectivity index (χ2v) is 5.12. The Labute approximate surface area is 116 Å². The van der Waals surface area contributed by atoms with Crippen molar-refractivity contribution in [2.75, 3.05) is 0 Å². The SMILES string of the molecule is CCCc1cc(C)c(C)c(C=Cc2ccccc2)c1. The van der Waals surface area contributed by atoms with E-state index in [0.29, 0.717) is 0 Å². The summed E-state index contributed by atoms with van der Waals surface area (Å²) >= 11 is 0. The standard InChI is InChI=1S/C19H22/c1-4-8-18-13-15(2)16(3)19(14-18)12-11-17-9-6-5-7-10-17/h5-7,9-14H,4,8H2,1-3H3. The largest absolute Gasteiger partial charge is 0.0651 e. The fraction of sp³-hybridized carbons (Fsp3) is 0.263. The van der Waals surface area contributed by atoms with Crippen LogP contribution in [0, 0.1) is 13.8 Å². The van der Waals surface area contributed by atoms with Gasteiger partial charge in [-0.2, -0.15) is 0 Å². The van der Waals surface area contributed by atoms with E-state index >= 15 is 0 Å². The van der Waals surface area contributed by atoms with Crippen LogP contribution >= 0.6 is 0 Å². The molecule has 0 spiro atoms. The van der Waals surface area contributed by atoms with E-state index in [9.17, 15) is 0 Å². The molecule has 0 atom stereocenters. The highest BCUT2D eigenvalue weighted by molar-refractivity contribution is 5.72. The molecule has 0 nitrogen and oxygen atoms in total. The molecular weight excluding hydrogens is 228 g/mol. The Kier molecular flexibility index (Phi) is 4.57. The number of benzene rings is 2. The molecule has 0 bridgehead atoms. The molecule has 2 aromatic carbocycles. The molecule has 2 rings (SSSR count). The van der Waals surface area contributed by atoms with Crippen LogP contribution in [0.4, 0.5) is 0 Å². The van der Waals surface area contributed by atoms with E-state index in [0.717, 1.165) is 6.42 Å². The quantitative estimate of drug-likeness (QED) is 0.635. The Morgan fingerprint density at radius 2 is 1.68 bits per heavy atom. The minimum Gasteiger partial charge on any atom is -0.0651 e. The number of hydrogen-bond donors (Lipinski definition) is 0. The van der Waals surface area contributed by atoms with Gasteiger partial charge in [-0.3, -0.25) is 0 Å². The van der Waals surface area contributed by atoms with Gasteiger partial charge < -0.3 is 0 Å². The van der Waals surface area contributed by atoms with Crippen LogP contribution in [0.15, 0.2) is 42.5 Å². The zero-order valence-corrected chi connectivity index (χ0v) is 12.1. The maximum Gasteiger partial charge on any atom is -0.0222 e. The van der Waals surface area contributed by atoms with Crippen LogP contribution < -0.4 is 0 Å². The molecule has 0 saturated carbocycles. The molecule has 0 aliphatic heterocycles. The lowest BCUT2D eigenvalue weighted by Gasteiger charge is -2.09. The van der Waals surface area contributed by atoms with Crippen LogP contribution in [0.25, 0.3) is 12.2 Å². The first-order chi connectivity index (χ1) is 9.20. The van der Waals surface area contributed by atoms with Crippen molar-refractivity contribution in [2.45, 2.75) is 33.6 Å². The van der Waals surface area contributed by atoms with Gasteiger partial charge in [-0.15, -0.1) is 0 Å². The Hall–Kier alpha value is -1.82. The van der Waals surface area contributed by atoms with E-state index in [1.165, 1.54) is 34.2 Å². The summed E-state index contributed by atoms with van der Waals surface area (Å²) in [6.07, 6.45) is 6.78. The highest BCUT2D eigenvalue weighted by Gasteiger charge is 2.01. The molecule has 0 N–H and O–H groups in total. The maximum atomic E-state index is 2.32. The molecule has 0 heteroatoms. The van der Waals surface area contributed by atoms with Crippen molar-refractivity contribution in [3.05, 3.63) is 70.3 Å². The molecule has 19 heavy (non-hydrogen) atoms. The maximum absolute atomic E-state index is 2.32. The van der Waals surface area contributed by atoms with Crippen LogP contribution in [-0.4, -0.2) is 0 Å². The summed E-state index contributed by atoms with van der Waals surface area (Å²) in [6.45, 7) is 6.64. The smallest absolute Gasteiger partial charge is 0.0222 e. The summed E-state index contributed by atoms with van der Waals surface area (Å²) in [5.74, 6) is 0. The van der Waals surface area contributed by atoms with Crippen LogP contribution in [0.5, 0.6) is 0 Å². The summed E-state index contributed by atoms with van der Waals surface area (Å²) in [5, 5.41) is 0. The second kappa shape index (κ2) is 6.38. The Balaban J connectivity index is 2.31. The van der Waals surface area contributed by atoms with Crippen molar-refractivity contribution in [1.29, 1.82) is 0 Å². The summed E-state index contributed by atoms with van der Waals surface area (Å²) in [7, 11) is 0. The van der Waals surface area contributed by atoms with E-state index in [2.05, 4.69) is 75.4 Å². The Morgan fingerprint density at radius 1 is 0.947 bits per heavy atom. The van der Waals surface area contributed by atoms with Crippen molar-refractivity contribution in [3.63, 3.8) is 0 Å². The molecule has 0 heterocycles. The summed E-state index contributed by atoms with van der Waals surface area (Å²) in [4.78, 5) is 0. The van der Waals surface area contributed by atoms with Crippen LogP contribution in [0.1, 0.15) is 41.2 Å². The third-order valence-corrected chi connectivity index (χ3v) is 3.56. The first-order valence-electron chi connectivity index (χ1n) is 7.04. The summed E-state index contributed by atoms with van der Waals surface area (Å²) in [6, 6.07) is 15.1. The molecule has 0 radical (unpaired) electrons. The molecule has 0 saturated heterocycles. The van der Waals surface area contributed by atoms with Gasteiger partial charge in [0.1, 0.15) is 0 Å². The van der Waals surface area contributed by atoms with E-state index in [-0.39, 0.29) is 0 Å². The van der Waals surface area contributed by atoms with Crippen molar-refractivity contribution < 1.29 is 0 Å². The topological polar surface area (TPSA) is 0 Å². The van der Waals surface area contributed by atoms with E-state index < -0.39 is 0 Å². The van der Waals surface area contributed by atoms with Crippen LogP contribution in [0.2, 0.25) is 0 Å². The number of aryl methyl sites for hydroxylation is 2. The van der Waals surface area contributed by atoms with Crippen molar-refractivity contribution in [1.82, 2.24) is 0 Å². The van der Waals surface area contributed by atoms with Crippen molar-refractivity contribution >= 4 is 12.2 Å². The van der Waals surface area contributed by atoms with Crippen molar-refractivity contribution in [3.8, 4) is 0 Å². The van der Waals surface area contributed by atoms with Gasteiger partial charge in [0.15, 0.2) is 0 Å². The van der Waals surface area contributed by atoms with E-state index in [1.54, 1.807) is 0 Å². The Bertz CT molecular complexity index is 562. The third-order valence-electron chi connectivity index (χ3n) is 3.56. The van der Waals surface area contributed by atoms with E-state index in [1.807, 2.05) is 0 Å². The lowest BCUT2D eigenvalue weighted by Crippen LogP contribution is -1.92. The lowest BCUT2D eigenvalue weighted by molar-refractivity contribution is 0.918. The molecular formula is C19H22. The zero-order chi connectivity index (χ0) is 13.7. The van der Waals surface area contributed by atoms with Gasteiger partial charge in [-0.1, -0.05) is 68.0 Å². The lowest BCUT2D eigenvalue weighted by atomic mass is 9.97. The van der Waals surface area contributed by atoms with Crippen molar-refractivity contribution in [2.24, 2.45) is 0 Å². The normalized spacial score (nSPS) is 11.1. The molecule has 0 fully saturated rings. The van der Waals surface area contributed by atoms with Gasteiger partial charge in [0.05, 0.1) is 0 Å². The average Bonchev–Trinajstić information content (AvgIpc) is 2.42. The molecule has 0 aliphatic carbocycles. The average molecular weight is 250 g/mol. The third kappa shape index (κ3) is 3.57. The predicted molar refractivity (Wildman–Crippen MR) is 85.3 cm³/mol. The monoisotopic (exact) mass is 250 g/mol. The predicted octanol–water partition coefficient (Wildman–Crippen LogP) is 5.43. The minimum atomic E-state index is 1.16. The van der Waals surface area contributed by atoms with Crippen LogP contribution in [-0.2, 0) is 6.42 Å². The van der Waals surface area contributed by atoms with Gasteiger partial charge in [0.2, 0.25) is 0 Å². The van der Waals surface area contributed by atoms with Gasteiger partial charge >= 0.3 is 0 Å². The van der Waals surface area contributed by atoms with E-state index in [4.69, 9.17) is 0 Å². The molecule has 0 aromatic heterocycles. The first kappa shape index (κ1) is 13.6.